The van der Waals surface area contributed by atoms with Crippen LogP contribution in [-0.2, 0) is 0 Å². The van der Waals surface area contributed by atoms with E-state index in [2.05, 4.69) is 6.07 Å². The van der Waals surface area contributed by atoms with Crippen molar-refractivity contribution in [1.29, 1.82) is 0 Å². The normalized spacial score (nSPS) is 9.94. The van der Waals surface area contributed by atoms with Gasteiger partial charge in [0.15, 0.2) is 0 Å². The maximum absolute atomic E-state index is 10.5. The number of nitrogens with zero attached hydrogens (tertiary/aromatic N) is 1. The number of hydrogen-bond acceptors (Lipinski definition) is 3. The second kappa shape index (κ2) is 4.65. The maximum Gasteiger partial charge on any atom is 0.269 e. The van der Waals surface area contributed by atoms with E-state index < -0.39 is 4.92 Å². The van der Waals surface area contributed by atoms with Crippen molar-refractivity contribution < 1.29 is 9.66 Å². The van der Waals surface area contributed by atoms with Crippen LogP contribution in [0, 0.1) is 16.2 Å². The van der Waals surface area contributed by atoms with Crippen LogP contribution in [0.2, 0.25) is 0 Å². The maximum atomic E-state index is 10.5. The van der Waals surface area contributed by atoms with Crippen LogP contribution in [0.3, 0.4) is 0 Å². The SMILES string of the molecule is COc1c[c]c(-c2ccc([N+](=O)[O-])cc2)cc1. The van der Waals surface area contributed by atoms with Gasteiger partial charge in [0.25, 0.3) is 5.69 Å². The van der Waals surface area contributed by atoms with Crippen molar-refractivity contribution in [3.05, 3.63) is 58.6 Å². The van der Waals surface area contributed by atoms with Gasteiger partial charge in [-0.1, -0.05) is 6.07 Å². The standard InChI is InChI=1S/C13H10NO3/c1-17-13-8-4-11(5-9-13)10-2-6-12(7-3-10)14(15)16/h2-4,6-9H,1H3. The Hall–Kier alpha value is -2.36. The number of methoxy groups -OCH3 is 1. The van der Waals surface area contributed by atoms with Crippen LogP contribution in [-0.4, -0.2) is 12.0 Å². The van der Waals surface area contributed by atoms with Gasteiger partial charge in [-0.25, -0.2) is 0 Å². The van der Waals surface area contributed by atoms with Crippen molar-refractivity contribution in [2.75, 3.05) is 7.11 Å². The fourth-order valence-corrected chi connectivity index (χ4v) is 1.48. The first-order valence-electron chi connectivity index (χ1n) is 5.01. The second-order valence-electron chi connectivity index (χ2n) is 3.45. The van der Waals surface area contributed by atoms with Gasteiger partial charge in [0.1, 0.15) is 5.75 Å². The predicted octanol–water partition coefficient (Wildman–Crippen LogP) is 3.07. The Morgan fingerprint density at radius 2 is 1.88 bits per heavy atom. The topological polar surface area (TPSA) is 52.4 Å². The fourth-order valence-electron chi connectivity index (χ4n) is 1.48. The molecule has 17 heavy (non-hydrogen) atoms. The van der Waals surface area contributed by atoms with E-state index in [1.165, 1.54) is 12.1 Å². The summed E-state index contributed by atoms with van der Waals surface area (Å²) >= 11 is 0. The highest BCUT2D eigenvalue weighted by molar-refractivity contribution is 5.64. The first-order chi connectivity index (χ1) is 8.20. The van der Waals surface area contributed by atoms with Gasteiger partial charge in [-0.05, 0) is 41.5 Å². The number of non-ortho nitro benzene ring substituents is 1. The molecule has 1 radical (unpaired) electrons. The fraction of sp³-hybridized carbons (Fsp3) is 0.0769. The number of ether oxygens (including phenoxy) is 1. The van der Waals surface area contributed by atoms with Crippen molar-refractivity contribution in [1.82, 2.24) is 0 Å². The summed E-state index contributed by atoms with van der Waals surface area (Å²) in [6.07, 6.45) is 0. The molecule has 0 amide bonds. The first-order valence-corrected chi connectivity index (χ1v) is 5.01. The molecule has 0 saturated heterocycles. The number of nitro groups is 1. The highest BCUT2D eigenvalue weighted by atomic mass is 16.6. The van der Waals surface area contributed by atoms with E-state index in [4.69, 9.17) is 4.74 Å². The third-order valence-corrected chi connectivity index (χ3v) is 2.41. The summed E-state index contributed by atoms with van der Waals surface area (Å²) in [7, 11) is 1.59. The number of rotatable bonds is 3. The average Bonchev–Trinajstić information content (AvgIpc) is 2.39. The molecule has 0 N–H and O–H groups in total. The van der Waals surface area contributed by atoms with E-state index in [-0.39, 0.29) is 5.69 Å². The van der Waals surface area contributed by atoms with Crippen molar-refractivity contribution in [2.24, 2.45) is 0 Å². The van der Waals surface area contributed by atoms with Gasteiger partial charge in [-0.3, -0.25) is 10.1 Å². The number of nitro benzene ring substituents is 1. The molecule has 0 aliphatic rings. The molecule has 0 heterocycles. The highest BCUT2D eigenvalue weighted by Crippen LogP contribution is 2.23. The summed E-state index contributed by atoms with van der Waals surface area (Å²) in [6, 6.07) is 14.8. The molecule has 2 aromatic carbocycles. The van der Waals surface area contributed by atoms with Gasteiger partial charge in [-0.2, -0.15) is 0 Å². The van der Waals surface area contributed by atoms with Gasteiger partial charge < -0.3 is 4.74 Å². The van der Waals surface area contributed by atoms with E-state index in [9.17, 15) is 10.1 Å². The van der Waals surface area contributed by atoms with Gasteiger partial charge in [0.05, 0.1) is 12.0 Å². The molecule has 0 fully saturated rings. The minimum atomic E-state index is -0.415. The van der Waals surface area contributed by atoms with Crippen LogP contribution >= 0.6 is 0 Å². The summed E-state index contributed by atoms with van der Waals surface area (Å²) in [4.78, 5) is 10.1. The van der Waals surface area contributed by atoms with E-state index in [1.807, 2.05) is 12.1 Å². The molecule has 4 nitrogen and oxygen atoms in total. The molecule has 2 aromatic rings. The molecule has 85 valence electrons. The van der Waals surface area contributed by atoms with E-state index in [1.54, 1.807) is 25.3 Å². The molecule has 0 aromatic heterocycles. The van der Waals surface area contributed by atoms with Gasteiger partial charge in [0.2, 0.25) is 0 Å². The molecule has 2 rings (SSSR count). The van der Waals surface area contributed by atoms with Gasteiger partial charge >= 0.3 is 0 Å². The number of benzene rings is 2. The largest absolute Gasteiger partial charge is 0.497 e. The molecular formula is C13H10NO3. The van der Waals surface area contributed by atoms with Crippen LogP contribution in [0.25, 0.3) is 11.1 Å². The van der Waals surface area contributed by atoms with E-state index in [0.717, 1.165) is 16.9 Å². The Morgan fingerprint density at radius 3 is 2.35 bits per heavy atom. The minimum absolute atomic E-state index is 0.0854. The van der Waals surface area contributed by atoms with E-state index in [0.29, 0.717) is 0 Å². The predicted molar refractivity (Wildman–Crippen MR) is 63.9 cm³/mol. The van der Waals surface area contributed by atoms with E-state index >= 15 is 0 Å². The Balaban J connectivity index is 2.29. The first kappa shape index (κ1) is 11.1. The molecular weight excluding hydrogens is 218 g/mol. The van der Waals surface area contributed by atoms with Crippen LogP contribution in [0.15, 0.2) is 42.5 Å². The zero-order valence-corrected chi connectivity index (χ0v) is 9.21. The second-order valence-corrected chi connectivity index (χ2v) is 3.45. The van der Waals surface area contributed by atoms with Crippen molar-refractivity contribution in [3.63, 3.8) is 0 Å². The van der Waals surface area contributed by atoms with Crippen LogP contribution in [0.1, 0.15) is 0 Å². The summed E-state index contributed by atoms with van der Waals surface area (Å²) in [5.74, 6) is 0.732. The molecule has 0 atom stereocenters. The third kappa shape index (κ3) is 2.42. The summed E-state index contributed by atoms with van der Waals surface area (Å²) in [5.41, 5.74) is 1.85. The van der Waals surface area contributed by atoms with Crippen LogP contribution in [0.4, 0.5) is 5.69 Å². The minimum Gasteiger partial charge on any atom is -0.497 e. The lowest BCUT2D eigenvalue weighted by atomic mass is 10.1. The lowest BCUT2D eigenvalue weighted by Gasteiger charge is -2.02. The average molecular weight is 228 g/mol. The Bertz CT molecular complexity index is 517. The van der Waals surface area contributed by atoms with Crippen LogP contribution < -0.4 is 4.74 Å². The summed E-state index contributed by atoms with van der Waals surface area (Å²) in [5, 5.41) is 10.5. The van der Waals surface area contributed by atoms with Gasteiger partial charge in [-0.15, -0.1) is 0 Å². The molecule has 0 saturated carbocycles. The lowest BCUT2D eigenvalue weighted by molar-refractivity contribution is -0.384. The zero-order valence-electron chi connectivity index (χ0n) is 9.21. The Morgan fingerprint density at radius 1 is 1.18 bits per heavy atom. The van der Waals surface area contributed by atoms with Crippen molar-refractivity contribution in [2.45, 2.75) is 0 Å². The Kier molecular flexibility index (Phi) is 3.05. The lowest BCUT2D eigenvalue weighted by Crippen LogP contribution is -1.87. The number of hydrogen-bond donors (Lipinski definition) is 0. The van der Waals surface area contributed by atoms with Gasteiger partial charge in [0, 0.05) is 12.1 Å². The van der Waals surface area contributed by atoms with Crippen LogP contribution in [0.5, 0.6) is 5.75 Å². The molecule has 0 bridgehead atoms. The molecule has 4 heteroatoms. The molecule has 0 unspecified atom stereocenters. The monoisotopic (exact) mass is 228 g/mol. The quantitative estimate of drug-likeness (QED) is 0.599. The molecule has 0 spiro atoms. The summed E-state index contributed by atoms with van der Waals surface area (Å²) < 4.78 is 5.04. The van der Waals surface area contributed by atoms with Crippen molar-refractivity contribution in [3.8, 4) is 16.9 Å². The molecule has 0 aliphatic carbocycles. The van der Waals surface area contributed by atoms with Crippen molar-refractivity contribution >= 4 is 5.69 Å². The Labute approximate surface area is 98.6 Å². The molecule has 0 aliphatic heterocycles. The highest BCUT2D eigenvalue weighted by Gasteiger charge is 2.05. The zero-order chi connectivity index (χ0) is 12.3. The smallest absolute Gasteiger partial charge is 0.269 e. The summed E-state index contributed by atoms with van der Waals surface area (Å²) in [6.45, 7) is 0. The third-order valence-electron chi connectivity index (χ3n) is 2.41.